The predicted octanol–water partition coefficient (Wildman–Crippen LogP) is 3.16. The normalized spacial score (nSPS) is 28.2. The van der Waals surface area contributed by atoms with Crippen LogP contribution < -0.4 is 14.8 Å². The van der Waals surface area contributed by atoms with Crippen molar-refractivity contribution in [2.75, 3.05) is 19.9 Å². The first-order valence-electron chi connectivity index (χ1n) is 13.0. The smallest absolute Gasteiger partial charge is 0.231 e. The van der Waals surface area contributed by atoms with E-state index in [1.165, 1.54) is 32.1 Å². The molecule has 7 rings (SSSR count). The molecule has 4 atom stereocenters. The third kappa shape index (κ3) is 4.65. The van der Waals surface area contributed by atoms with Crippen molar-refractivity contribution >= 4 is 5.91 Å². The van der Waals surface area contributed by atoms with Gasteiger partial charge in [-0.3, -0.25) is 14.4 Å². The Kier molecular flexibility index (Phi) is 6.16. The van der Waals surface area contributed by atoms with Gasteiger partial charge in [-0.2, -0.15) is 0 Å². The average Bonchev–Trinajstić information content (AvgIpc) is 3.52. The minimum Gasteiger partial charge on any atom is -0.454 e. The van der Waals surface area contributed by atoms with Crippen molar-refractivity contribution < 1.29 is 14.3 Å². The third-order valence-corrected chi connectivity index (χ3v) is 8.33. The summed E-state index contributed by atoms with van der Waals surface area (Å²) in [6, 6.07) is 6.30. The quantitative estimate of drug-likeness (QED) is 0.677. The Morgan fingerprint density at radius 1 is 1.12 bits per heavy atom. The van der Waals surface area contributed by atoms with Crippen LogP contribution in [0.1, 0.15) is 56.2 Å². The number of piperidine rings is 3. The highest BCUT2D eigenvalue weighted by Crippen LogP contribution is 2.37. The van der Waals surface area contributed by atoms with E-state index in [1.807, 2.05) is 22.9 Å². The maximum absolute atomic E-state index is 13.0. The fraction of sp³-hybridized carbons (Fsp3) is 0.654. The zero-order chi connectivity index (χ0) is 22.9. The second-order valence-corrected chi connectivity index (χ2v) is 10.6. The van der Waals surface area contributed by atoms with Gasteiger partial charge in [-0.05, 0) is 55.3 Å². The number of fused-ring (bicyclic) bond motifs is 4. The summed E-state index contributed by atoms with van der Waals surface area (Å²) in [6.07, 6.45) is 12.2. The van der Waals surface area contributed by atoms with E-state index in [0.717, 1.165) is 67.6 Å². The van der Waals surface area contributed by atoms with Gasteiger partial charge in [0.1, 0.15) is 0 Å². The van der Waals surface area contributed by atoms with Gasteiger partial charge in [-0.15, -0.1) is 5.10 Å². The molecule has 5 aliphatic rings. The number of carbonyl (C=O) groups is 1. The molecule has 5 heterocycles. The van der Waals surface area contributed by atoms with Crippen LogP contribution in [0, 0.1) is 17.8 Å². The molecular weight excluding hydrogens is 430 g/mol. The van der Waals surface area contributed by atoms with Gasteiger partial charge in [0.2, 0.25) is 12.7 Å². The van der Waals surface area contributed by atoms with Crippen molar-refractivity contribution in [1.29, 1.82) is 0 Å². The van der Waals surface area contributed by atoms with Gasteiger partial charge in [0.25, 0.3) is 0 Å². The molecule has 2 aromatic rings. The number of nitrogens with zero attached hydrogens (tertiary/aromatic N) is 4. The van der Waals surface area contributed by atoms with Gasteiger partial charge in [-0.25, -0.2) is 0 Å². The van der Waals surface area contributed by atoms with Crippen molar-refractivity contribution in [2.45, 2.75) is 70.5 Å². The van der Waals surface area contributed by atoms with Crippen LogP contribution in [0.3, 0.4) is 0 Å². The molecule has 0 spiro atoms. The Hall–Kier alpha value is -2.61. The van der Waals surface area contributed by atoms with E-state index >= 15 is 0 Å². The average molecular weight is 466 g/mol. The fourth-order valence-electron chi connectivity index (χ4n) is 6.42. The summed E-state index contributed by atoms with van der Waals surface area (Å²) >= 11 is 0. The second-order valence-electron chi connectivity index (χ2n) is 10.6. The van der Waals surface area contributed by atoms with Gasteiger partial charge in [0.05, 0.1) is 18.2 Å². The SMILES string of the molecule is O=C(NCc1ccc2c(c1)OCO2)[C@H]1CN2CC[C@@H]1C[C@@H]2Cn1cc(CC2CCCCC2)nn1. The van der Waals surface area contributed by atoms with Crippen LogP contribution in [-0.2, 0) is 24.3 Å². The molecule has 1 aliphatic carbocycles. The summed E-state index contributed by atoms with van der Waals surface area (Å²) in [5, 5.41) is 12.1. The van der Waals surface area contributed by atoms with Gasteiger partial charge >= 0.3 is 0 Å². The van der Waals surface area contributed by atoms with Gasteiger partial charge in [-0.1, -0.05) is 43.4 Å². The standard InChI is InChI=1S/C26H35N5O3/c32-26(27-13-19-6-7-24-25(11-19)34-17-33-24)23-16-30-9-8-20(23)12-22(30)15-31-14-21(28-29-31)10-18-4-2-1-3-5-18/h6-7,11,14,18,20,22-23H,1-5,8-10,12-13,15-17H2,(H,27,32)/t20-,22-,23+/m1/s1. The zero-order valence-corrected chi connectivity index (χ0v) is 19.8. The first-order valence-corrected chi connectivity index (χ1v) is 13.0. The van der Waals surface area contributed by atoms with E-state index in [-0.39, 0.29) is 18.6 Å². The van der Waals surface area contributed by atoms with Crippen LogP contribution in [0.4, 0.5) is 0 Å². The molecule has 3 saturated heterocycles. The number of rotatable bonds is 7. The second kappa shape index (κ2) is 9.56. The highest BCUT2D eigenvalue weighted by Gasteiger charge is 2.43. The summed E-state index contributed by atoms with van der Waals surface area (Å²) in [6.45, 7) is 3.57. The van der Waals surface area contributed by atoms with E-state index in [2.05, 4.69) is 26.7 Å². The molecule has 8 heteroatoms. The fourth-order valence-corrected chi connectivity index (χ4v) is 6.42. The topological polar surface area (TPSA) is 81.5 Å². The number of aromatic nitrogens is 3. The number of hydrogen-bond acceptors (Lipinski definition) is 6. The molecule has 1 amide bonds. The van der Waals surface area contributed by atoms with Crippen molar-refractivity contribution in [1.82, 2.24) is 25.2 Å². The molecule has 2 bridgehead atoms. The number of carbonyl (C=O) groups excluding carboxylic acids is 1. The highest BCUT2D eigenvalue weighted by atomic mass is 16.7. The molecule has 182 valence electrons. The van der Waals surface area contributed by atoms with E-state index in [9.17, 15) is 4.79 Å². The Balaban J connectivity index is 1.01. The molecule has 1 saturated carbocycles. The number of nitrogens with one attached hydrogen (secondary N) is 1. The van der Waals surface area contributed by atoms with Crippen molar-refractivity contribution in [3.63, 3.8) is 0 Å². The highest BCUT2D eigenvalue weighted by molar-refractivity contribution is 5.79. The lowest BCUT2D eigenvalue weighted by atomic mass is 9.75. The zero-order valence-electron chi connectivity index (χ0n) is 19.8. The lowest BCUT2D eigenvalue weighted by Gasteiger charge is -2.49. The molecule has 1 unspecified atom stereocenters. The van der Waals surface area contributed by atoms with Crippen molar-refractivity contribution in [2.24, 2.45) is 17.8 Å². The minimum absolute atomic E-state index is 0.0663. The number of ether oxygens (including phenoxy) is 2. The van der Waals surface area contributed by atoms with Gasteiger partial charge in [0, 0.05) is 25.3 Å². The Morgan fingerprint density at radius 2 is 2.00 bits per heavy atom. The number of hydrogen-bond donors (Lipinski definition) is 1. The molecule has 1 N–H and O–H groups in total. The number of amides is 1. The summed E-state index contributed by atoms with van der Waals surface area (Å²) in [5.74, 6) is 2.99. The summed E-state index contributed by atoms with van der Waals surface area (Å²) in [4.78, 5) is 15.5. The summed E-state index contributed by atoms with van der Waals surface area (Å²) in [7, 11) is 0. The minimum atomic E-state index is 0.0663. The van der Waals surface area contributed by atoms with Crippen molar-refractivity contribution in [3.8, 4) is 11.5 Å². The van der Waals surface area contributed by atoms with Crippen LogP contribution in [-0.4, -0.2) is 51.7 Å². The van der Waals surface area contributed by atoms with E-state index in [4.69, 9.17) is 9.47 Å². The van der Waals surface area contributed by atoms with Crippen molar-refractivity contribution in [3.05, 3.63) is 35.7 Å². The van der Waals surface area contributed by atoms with E-state index in [0.29, 0.717) is 18.5 Å². The first kappa shape index (κ1) is 21.9. The molecule has 1 aromatic carbocycles. The van der Waals surface area contributed by atoms with E-state index < -0.39 is 0 Å². The third-order valence-electron chi connectivity index (χ3n) is 8.33. The lowest BCUT2D eigenvalue weighted by Crippen LogP contribution is -2.58. The predicted molar refractivity (Wildman–Crippen MR) is 126 cm³/mol. The van der Waals surface area contributed by atoms with Gasteiger partial charge < -0.3 is 14.8 Å². The molecule has 4 aliphatic heterocycles. The van der Waals surface area contributed by atoms with Crippen LogP contribution >= 0.6 is 0 Å². The monoisotopic (exact) mass is 465 g/mol. The Labute approximate surface area is 201 Å². The first-order chi connectivity index (χ1) is 16.7. The Morgan fingerprint density at radius 3 is 2.85 bits per heavy atom. The summed E-state index contributed by atoms with van der Waals surface area (Å²) < 4.78 is 12.9. The number of benzene rings is 1. The maximum Gasteiger partial charge on any atom is 0.231 e. The molecule has 4 fully saturated rings. The van der Waals surface area contributed by atoms with Gasteiger partial charge in [0.15, 0.2) is 11.5 Å². The molecular formula is C26H35N5O3. The molecule has 34 heavy (non-hydrogen) atoms. The van der Waals surface area contributed by atoms with Crippen LogP contribution in [0.15, 0.2) is 24.4 Å². The lowest BCUT2D eigenvalue weighted by molar-refractivity contribution is -0.133. The maximum atomic E-state index is 13.0. The molecule has 8 nitrogen and oxygen atoms in total. The largest absolute Gasteiger partial charge is 0.454 e. The van der Waals surface area contributed by atoms with Crippen LogP contribution in [0.25, 0.3) is 0 Å². The molecule has 0 radical (unpaired) electrons. The Bertz CT molecular complexity index is 1020. The van der Waals surface area contributed by atoms with Crippen LogP contribution in [0.5, 0.6) is 11.5 Å². The summed E-state index contributed by atoms with van der Waals surface area (Å²) in [5.41, 5.74) is 2.18. The molecule has 1 aromatic heterocycles. The van der Waals surface area contributed by atoms with E-state index in [1.54, 1.807) is 0 Å². The van der Waals surface area contributed by atoms with Crippen LogP contribution in [0.2, 0.25) is 0 Å².